The van der Waals surface area contributed by atoms with Crippen LogP contribution >= 0.6 is 0 Å². The van der Waals surface area contributed by atoms with Crippen molar-refractivity contribution in [3.05, 3.63) is 0 Å². The van der Waals surface area contributed by atoms with Gasteiger partial charge in [-0.3, -0.25) is 4.79 Å². The lowest BCUT2D eigenvalue weighted by atomic mass is 9.93. The Kier molecular flexibility index (Phi) is 26.6. The molecule has 0 spiro atoms. The number of hydrogen-bond acceptors (Lipinski definition) is 1. The van der Waals surface area contributed by atoms with Crippen LogP contribution in [0.25, 0.3) is 0 Å². The van der Waals surface area contributed by atoms with Gasteiger partial charge in [-0.2, -0.15) is 0 Å². The third kappa shape index (κ3) is 23.2. The normalized spacial score (nSPS) is 12.2. The highest BCUT2D eigenvalue weighted by Crippen LogP contribution is 2.21. The van der Waals surface area contributed by atoms with Crippen molar-refractivity contribution in [1.29, 1.82) is 0 Å². The van der Waals surface area contributed by atoms with Crippen LogP contribution in [0.2, 0.25) is 0 Å². The maximum atomic E-state index is 12.6. The van der Waals surface area contributed by atoms with Gasteiger partial charge in [-0.15, -0.1) is 0 Å². The Morgan fingerprint density at radius 3 is 0.912 bits per heavy atom. The van der Waals surface area contributed by atoms with Gasteiger partial charge in [-0.1, -0.05) is 168 Å². The summed E-state index contributed by atoms with van der Waals surface area (Å²) in [5.41, 5.74) is 0. The van der Waals surface area contributed by atoms with Gasteiger partial charge in [0.25, 0.3) is 0 Å². The molecule has 0 N–H and O–H groups in total. The van der Waals surface area contributed by atoms with Gasteiger partial charge < -0.3 is 4.90 Å². The molecule has 0 saturated heterocycles. The standard InChI is InChI=1S/C32H65NO/c1-5-7-9-11-13-15-16-17-18-19-20-21-22-24-26-28-30-31(32(34)33(3)4)29-27-25-23-14-12-10-8-6-2/h31H,5-30H2,1-4H3. The van der Waals surface area contributed by atoms with Crippen LogP contribution in [0, 0.1) is 5.92 Å². The van der Waals surface area contributed by atoms with Crippen LogP contribution in [-0.2, 0) is 4.79 Å². The summed E-state index contributed by atoms with van der Waals surface area (Å²) in [5.74, 6) is 0.630. The summed E-state index contributed by atoms with van der Waals surface area (Å²) in [7, 11) is 3.85. The summed E-state index contributed by atoms with van der Waals surface area (Å²) in [5, 5.41) is 0. The fourth-order valence-electron chi connectivity index (χ4n) is 5.22. The summed E-state index contributed by atoms with van der Waals surface area (Å²) in [6, 6.07) is 0. The lowest BCUT2D eigenvalue weighted by Crippen LogP contribution is -2.29. The number of nitrogens with zero attached hydrogens (tertiary/aromatic N) is 1. The Morgan fingerprint density at radius 1 is 0.441 bits per heavy atom. The molecule has 1 amide bonds. The van der Waals surface area contributed by atoms with Crippen molar-refractivity contribution in [2.75, 3.05) is 14.1 Å². The van der Waals surface area contributed by atoms with E-state index in [9.17, 15) is 4.79 Å². The Morgan fingerprint density at radius 2 is 0.676 bits per heavy atom. The Hall–Kier alpha value is -0.530. The molecule has 0 aromatic rings. The first-order valence-corrected chi connectivity index (χ1v) is 15.8. The van der Waals surface area contributed by atoms with Crippen molar-refractivity contribution >= 4 is 5.91 Å². The number of hydrogen-bond donors (Lipinski definition) is 0. The molecule has 0 aliphatic rings. The highest BCUT2D eigenvalue weighted by atomic mass is 16.2. The molecule has 34 heavy (non-hydrogen) atoms. The molecule has 0 aliphatic carbocycles. The predicted octanol–water partition coefficient (Wildman–Crippen LogP) is 10.9. The van der Waals surface area contributed by atoms with Crippen LogP contribution in [0.1, 0.15) is 181 Å². The molecule has 204 valence electrons. The van der Waals surface area contributed by atoms with E-state index in [1.807, 2.05) is 19.0 Å². The van der Waals surface area contributed by atoms with E-state index in [0.29, 0.717) is 5.91 Å². The third-order valence-corrected chi connectivity index (χ3v) is 7.60. The van der Waals surface area contributed by atoms with E-state index in [1.165, 1.54) is 154 Å². The second-order valence-electron chi connectivity index (χ2n) is 11.3. The maximum absolute atomic E-state index is 12.6. The fraction of sp³-hybridized carbons (Fsp3) is 0.969. The molecule has 0 aliphatic heterocycles. The summed E-state index contributed by atoms with van der Waals surface area (Å²) in [6.45, 7) is 4.57. The molecule has 0 heterocycles. The van der Waals surface area contributed by atoms with Crippen LogP contribution in [0.3, 0.4) is 0 Å². The van der Waals surface area contributed by atoms with Gasteiger partial charge in [0.05, 0.1) is 0 Å². The first kappa shape index (κ1) is 33.5. The smallest absolute Gasteiger partial charge is 0.225 e. The van der Waals surface area contributed by atoms with Crippen molar-refractivity contribution < 1.29 is 4.79 Å². The molecule has 0 radical (unpaired) electrons. The zero-order valence-corrected chi connectivity index (χ0v) is 24.3. The minimum Gasteiger partial charge on any atom is -0.349 e. The molecule has 2 heteroatoms. The van der Waals surface area contributed by atoms with Crippen LogP contribution < -0.4 is 0 Å². The molecule has 1 unspecified atom stereocenters. The zero-order chi connectivity index (χ0) is 25.1. The largest absolute Gasteiger partial charge is 0.349 e. The van der Waals surface area contributed by atoms with E-state index >= 15 is 0 Å². The topological polar surface area (TPSA) is 20.3 Å². The Labute approximate surface area is 216 Å². The SMILES string of the molecule is CCCCCCCCCCCCCCCCCCC(CCCCCCCCCC)C(=O)N(C)C. The fourth-order valence-corrected chi connectivity index (χ4v) is 5.22. The van der Waals surface area contributed by atoms with Crippen molar-refractivity contribution in [2.24, 2.45) is 5.92 Å². The van der Waals surface area contributed by atoms with Crippen molar-refractivity contribution in [3.8, 4) is 0 Å². The molecular weight excluding hydrogens is 414 g/mol. The second-order valence-corrected chi connectivity index (χ2v) is 11.3. The molecular formula is C32H65NO. The quantitative estimate of drug-likeness (QED) is 0.107. The summed E-state index contributed by atoms with van der Waals surface area (Å²) < 4.78 is 0. The average Bonchev–Trinajstić information content (AvgIpc) is 2.83. The number of amides is 1. The van der Waals surface area contributed by atoms with E-state index in [1.54, 1.807) is 0 Å². The van der Waals surface area contributed by atoms with E-state index in [2.05, 4.69) is 13.8 Å². The molecule has 0 rings (SSSR count). The molecule has 2 nitrogen and oxygen atoms in total. The van der Waals surface area contributed by atoms with Crippen molar-refractivity contribution in [2.45, 2.75) is 181 Å². The van der Waals surface area contributed by atoms with Crippen LogP contribution in [-0.4, -0.2) is 24.9 Å². The lowest BCUT2D eigenvalue weighted by Gasteiger charge is -2.20. The Bertz CT molecular complexity index is 406. The summed E-state index contributed by atoms with van der Waals surface area (Å²) in [4.78, 5) is 14.4. The number of unbranched alkanes of at least 4 members (excludes halogenated alkanes) is 22. The van der Waals surface area contributed by atoms with Crippen LogP contribution in [0.5, 0.6) is 0 Å². The Balaban J connectivity index is 3.60. The maximum Gasteiger partial charge on any atom is 0.225 e. The van der Waals surface area contributed by atoms with E-state index < -0.39 is 0 Å². The minimum atomic E-state index is 0.265. The van der Waals surface area contributed by atoms with E-state index in [4.69, 9.17) is 0 Å². The zero-order valence-electron chi connectivity index (χ0n) is 24.3. The lowest BCUT2D eigenvalue weighted by molar-refractivity contribution is -0.133. The molecule has 0 aromatic heterocycles. The van der Waals surface area contributed by atoms with Gasteiger partial charge >= 0.3 is 0 Å². The van der Waals surface area contributed by atoms with Crippen LogP contribution in [0.4, 0.5) is 0 Å². The second kappa shape index (κ2) is 27.1. The van der Waals surface area contributed by atoms with E-state index in [0.717, 1.165) is 12.8 Å². The molecule has 1 atom stereocenters. The molecule has 0 aromatic carbocycles. The van der Waals surface area contributed by atoms with Gasteiger partial charge in [0.1, 0.15) is 0 Å². The van der Waals surface area contributed by atoms with Crippen molar-refractivity contribution in [1.82, 2.24) is 4.90 Å². The number of rotatable bonds is 27. The minimum absolute atomic E-state index is 0.265. The van der Waals surface area contributed by atoms with Gasteiger partial charge in [0.15, 0.2) is 0 Å². The van der Waals surface area contributed by atoms with Gasteiger partial charge in [-0.25, -0.2) is 0 Å². The number of carbonyl (C=O) groups is 1. The van der Waals surface area contributed by atoms with Gasteiger partial charge in [-0.05, 0) is 12.8 Å². The molecule has 0 fully saturated rings. The van der Waals surface area contributed by atoms with Gasteiger partial charge in [0, 0.05) is 20.0 Å². The van der Waals surface area contributed by atoms with Crippen LogP contribution in [0.15, 0.2) is 0 Å². The van der Waals surface area contributed by atoms with Crippen molar-refractivity contribution in [3.63, 3.8) is 0 Å². The highest BCUT2D eigenvalue weighted by molar-refractivity contribution is 5.78. The summed E-state index contributed by atoms with van der Waals surface area (Å²) >= 11 is 0. The summed E-state index contributed by atoms with van der Waals surface area (Å²) in [6.07, 6.45) is 35.5. The third-order valence-electron chi connectivity index (χ3n) is 7.60. The monoisotopic (exact) mass is 480 g/mol. The number of carbonyl (C=O) groups excluding carboxylic acids is 1. The average molecular weight is 480 g/mol. The highest BCUT2D eigenvalue weighted by Gasteiger charge is 2.19. The molecule has 0 bridgehead atoms. The first-order valence-electron chi connectivity index (χ1n) is 15.8. The van der Waals surface area contributed by atoms with E-state index in [-0.39, 0.29) is 5.92 Å². The molecule has 0 saturated carbocycles. The predicted molar refractivity (Wildman–Crippen MR) is 154 cm³/mol. The first-order chi connectivity index (χ1) is 16.6. The van der Waals surface area contributed by atoms with Gasteiger partial charge in [0.2, 0.25) is 5.91 Å².